The summed E-state index contributed by atoms with van der Waals surface area (Å²) in [4.78, 5) is 24.5. The Balaban J connectivity index is 1.73. The Morgan fingerprint density at radius 1 is 1.33 bits per heavy atom. The normalized spacial score (nSPS) is 23.9. The molecule has 1 aliphatic carbocycles. The highest BCUT2D eigenvalue weighted by Gasteiger charge is 2.28. The smallest absolute Gasteiger partial charge is 0.303 e. The van der Waals surface area contributed by atoms with Gasteiger partial charge >= 0.3 is 5.97 Å². The number of allylic oxidation sites excluding steroid dienone is 4. The highest BCUT2D eigenvalue weighted by atomic mass is 16.4. The van der Waals surface area contributed by atoms with E-state index < -0.39 is 12.1 Å². The molecular weight excluding hydrogens is 342 g/mol. The molecule has 5 nitrogen and oxygen atoms in total. The summed E-state index contributed by atoms with van der Waals surface area (Å²) in [6.45, 7) is 2.79. The number of rotatable bonds is 11. The zero-order chi connectivity index (χ0) is 19.6. The minimum atomic E-state index is -0.747. The number of nitrogens with zero attached hydrogens (tertiary/aromatic N) is 1. The lowest BCUT2D eigenvalue weighted by atomic mass is 9.91. The first-order valence-corrected chi connectivity index (χ1v) is 10.2. The molecule has 0 aromatic heterocycles. The van der Waals surface area contributed by atoms with Crippen molar-refractivity contribution < 1.29 is 19.8 Å². The van der Waals surface area contributed by atoms with Crippen molar-refractivity contribution in [1.29, 1.82) is 0 Å². The second-order valence-corrected chi connectivity index (χ2v) is 7.75. The number of hydrogen-bond donors (Lipinski definition) is 2. The van der Waals surface area contributed by atoms with Crippen LogP contribution in [0.3, 0.4) is 0 Å². The Morgan fingerprint density at radius 3 is 2.85 bits per heavy atom. The van der Waals surface area contributed by atoms with Gasteiger partial charge in [-0.05, 0) is 44.9 Å². The summed E-state index contributed by atoms with van der Waals surface area (Å²) in [6, 6.07) is 0.0784. The Labute approximate surface area is 162 Å². The van der Waals surface area contributed by atoms with Crippen LogP contribution < -0.4 is 0 Å². The molecular formula is C22H33NO4. The molecule has 3 atom stereocenters. The molecule has 2 aliphatic rings. The molecule has 0 aromatic rings. The molecule has 2 N–H and O–H groups in total. The van der Waals surface area contributed by atoms with Crippen LogP contribution in [0.4, 0.5) is 0 Å². The largest absolute Gasteiger partial charge is 0.481 e. The molecule has 5 heteroatoms. The van der Waals surface area contributed by atoms with Gasteiger partial charge in [-0.3, -0.25) is 9.59 Å². The molecule has 0 spiro atoms. The highest BCUT2D eigenvalue weighted by molar-refractivity contribution is 5.79. The van der Waals surface area contributed by atoms with Gasteiger partial charge in [0, 0.05) is 19.4 Å². The number of aliphatic hydroxyl groups excluding tert-OH is 1. The van der Waals surface area contributed by atoms with Crippen LogP contribution in [-0.2, 0) is 9.59 Å². The van der Waals surface area contributed by atoms with Gasteiger partial charge < -0.3 is 15.1 Å². The maximum absolute atomic E-state index is 12.1. The van der Waals surface area contributed by atoms with E-state index in [4.69, 9.17) is 5.11 Å². The quantitative estimate of drug-likeness (QED) is 0.425. The Morgan fingerprint density at radius 2 is 2.11 bits per heavy atom. The van der Waals surface area contributed by atoms with Crippen molar-refractivity contribution in [3.05, 3.63) is 36.0 Å². The van der Waals surface area contributed by atoms with E-state index in [9.17, 15) is 14.7 Å². The third kappa shape index (κ3) is 7.71. The minimum absolute atomic E-state index is 0.0784. The summed E-state index contributed by atoms with van der Waals surface area (Å²) in [5.74, 6) is -0.189. The second-order valence-electron chi connectivity index (χ2n) is 7.75. The summed E-state index contributed by atoms with van der Waals surface area (Å²) in [7, 11) is 0. The number of amides is 1. The van der Waals surface area contributed by atoms with Crippen molar-refractivity contribution in [1.82, 2.24) is 4.90 Å². The van der Waals surface area contributed by atoms with E-state index in [0.29, 0.717) is 31.7 Å². The third-order valence-corrected chi connectivity index (χ3v) is 5.33. The van der Waals surface area contributed by atoms with Gasteiger partial charge in [0.2, 0.25) is 5.91 Å². The fraction of sp³-hybridized carbons (Fsp3) is 0.636. The molecule has 0 bridgehead atoms. The lowest BCUT2D eigenvalue weighted by Crippen LogP contribution is -2.32. The maximum atomic E-state index is 12.1. The van der Waals surface area contributed by atoms with Crippen LogP contribution >= 0.6 is 0 Å². The predicted molar refractivity (Wildman–Crippen MR) is 106 cm³/mol. The summed E-state index contributed by atoms with van der Waals surface area (Å²) >= 11 is 0. The lowest BCUT2D eigenvalue weighted by molar-refractivity contribution is -0.137. The van der Waals surface area contributed by atoms with Gasteiger partial charge in [-0.25, -0.2) is 0 Å². The molecule has 1 heterocycles. The zero-order valence-electron chi connectivity index (χ0n) is 16.3. The number of carboxylic acid groups (broad SMARTS) is 1. The number of unbranched alkanes of at least 4 members (excludes halogenated alkanes) is 3. The molecule has 1 fully saturated rings. The van der Waals surface area contributed by atoms with E-state index in [0.717, 1.165) is 32.1 Å². The van der Waals surface area contributed by atoms with Gasteiger partial charge in [0.25, 0.3) is 0 Å². The highest BCUT2D eigenvalue weighted by Crippen LogP contribution is 2.24. The number of aliphatic hydroxyl groups is 1. The molecule has 2 unspecified atom stereocenters. The zero-order valence-corrected chi connectivity index (χ0v) is 16.3. The van der Waals surface area contributed by atoms with Crippen molar-refractivity contribution in [3.63, 3.8) is 0 Å². The first kappa shape index (κ1) is 21.4. The van der Waals surface area contributed by atoms with E-state index in [1.807, 2.05) is 17.1 Å². The maximum Gasteiger partial charge on any atom is 0.303 e. The van der Waals surface area contributed by atoms with Crippen molar-refractivity contribution >= 4 is 11.9 Å². The van der Waals surface area contributed by atoms with Crippen LogP contribution in [0.15, 0.2) is 36.0 Å². The molecule has 0 aromatic carbocycles. The van der Waals surface area contributed by atoms with Gasteiger partial charge in [0.15, 0.2) is 0 Å². The van der Waals surface area contributed by atoms with Gasteiger partial charge in [0.05, 0.1) is 12.1 Å². The fourth-order valence-corrected chi connectivity index (χ4v) is 3.89. The van der Waals surface area contributed by atoms with Crippen molar-refractivity contribution in [2.24, 2.45) is 5.92 Å². The van der Waals surface area contributed by atoms with Crippen molar-refractivity contribution in [3.8, 4) is 0 Å². The van der Waals surface area contributed by atoms with Gasteiger partial charge in [-0.15, -0.1) is 0 Å². The van der Waals surface area contributed by atoms with Crippen LogP contribution in [0.25, 0.3) is 0 Å². The number of likely N-dealkylation sites (tertiary alicyclic amines) is 1. The van der Waals surface area contributed by atoms with Crippen LogP contribution in [0.1, 0.15) is 64.7 Å². The first-order chi connectivity index (χ1) is 13.0. The average Bonchev–Trinajstić information content (AvgIpc) is 2.96. The van der Waals surface area contributed by atoms with Crippen molar-refractivity contribution in [2.75, 3.05) is 6.54 Å². The topological polar surface area (TPSA) is 77.8 Å². The van der Waals surface area contributed by atoms with Gasteiger partial charge in [0.1, 0.15) is 0 Å². The van der Waals surface area contributed by atoms with Crippen LogP contribution in [0.5, 0.6) is 0 Å². The van der Waals surface area contributed by atoms with Crippen LogP contribution in [0.2, 0.25) is 0 Å². The number of carbonyl (C=O) groups excluding carboxylic acids is 1. The van der Waals surface area contributed by atoms with Crippen LogP contribution in [-0.4, -0.2) is 45.7 Å². The van der Waals surface area contributed by atoms with Gasteiger partial charge in [-0.2, -0.15) is 0 Å². The number of aliphatic carboxylic acids is 1. The molecule has 1 saturated heterocycles. The molecule has 0 saturated carbocycles. The monoisotopic (exact) mass is 375 g/mol. The van der Waals surface area contributed by atoms with E-state index in [1.165, 1.54) is 5.57 Å². The molecule has 2 rings (SSSR count). The number of hydrogen-bond acceptors (Lipinski definition) is 3. The fourth-order valence-electron chi connectivity index (χ4n) is 3.89. The molecule has 27 heavy (non-hydrogen) atoms. The minimum Gasteiger partial charge on any atom is -0.481 e. The Kier molecular flexibility index (Phi) is 8.79. The van der Waals surface area contributed by atoms with E-state index >= 15 is 0 Å². The molecule has 150 valence electrons. The number of carbonyl (C=O) groups is 2. The Hall–Kier alpha value is -1.88. The summed E-state index contributed by atoms with van der Waals surface area (Å²) < 4.78 is 0. The van der Waals surface area contributed by atoms with Gasteiger partial charge in [-0.1, -0.05) is 48.8 Å². The SMILES string of the molecule is CC1=CC(C[C@H](O)/C=C/C2CCC(=O)N2CCCCCCC(=O)O)CC=C1. The van der Waals surface area contributed by atoms with Crippen molar-refractivity contribution in [2.45, 2.75) is 76.9 Å². The third-order valence-electron chi connectivity index (χ3n) is 5.33. The average molecular weight is 376 g/mol. The summed E-state index contributed by atoms with van der Waals surface area (Å²) in [5, 5.41) is 19.0. The summed E-state index contributed by atoms with van der Waals surface area (Å²) in [6.07, 6.45) is 16.6. The molecule has 1 amide bonds. The van der Waals surface area contributed by atoms with E-state index in [2.05, 4.69) is 25.2 Å². The second kappa shape index (κ2) is 11.1. The standard InChI is InChI=1S/C22H33NO4/c1-17-7-6-8-18(15-17)16-20(24)12-10-19-11-13-21(25)23(19)14-5-3-2-4-9-22(26)27/h6-7,10,12,15,18-20,24H,2-5,8-9,11,13-14,16H2,1H3,(H,26,27)/b12-10+/t18?,19?,20-/m1/s1. The predicted octanol–water partition coefficient (Wildman–Crippen LogP) is 3.84. The first-order valence-electron chi connectivity index (χ1n) is 10.2. The van der Waals surface area contributed by atoms with E-state index in [1.54, 1.807) is 0 Å². The molecule has 1 aliphatic heterocycles. The lowest BCUT2D eigenvalue weighted by Gasteiger charge is -2.23. The molecule has 0 radical (unpaired) electrons. The Bertz CT molecular complexity index is 593. The van der Waals surface area contributed by atoms with E-state index in [-0.39, 0.29) is 18.4 Å². The van der Waals surface area contributed by atoms with Crippen LogP contribution in [0, 0.1) is 5.92 Å². The summed E-state index contributed by atoms with van der Waals surface area (Å²) in [5.41, 5.74) is 1.25. The number of carboxylic acids is 1.